The number of aromatic nitrogens is 3. The number of nitrogens with one attached hydrogen (secondary N) is 2. The van der Waals surface area contributed by atoms with Gasteiger partial charge in [0, 0.05) is 29.9 Å². The van der Waals surface area contributed by atoms with Crippen molar-refractivity contribution >= 4 is 31.4 Å². The van der Waals surface area contributed by atoms with Crippen LogP contribution in [0.25, 0.3) is 33.4 Å². The first kappa shape index (κ1) is 18.3. The molecule has 0 aliphatic carbocycles. The Morgan fingerprint density at radius 3 is 2.54 bits per heavy atom. The second-order valence-electron chi connectivity index (χ2n) is 6.44. The van der Waals surface area contributed by atoms with Crippen LogP contribution in [-0.4, -0.2) is 34.0 Å². The lowest BCUT2D eigenvalue weighted by atomic mass is 10.00. The van der Waals surface area contributed by atoms with Gasteiger partial charge in [-0.1, -0.05) is 6.30 Å². The Morgan fingerprint density at radius 2 is 1.79 bits per heavy atom. The number of benzene rings is 1. The van der Waals surface area contributed by atoms with Crippen LogP contribution in [0, 0.1) is 5.82 Å². The van der Waals surface area contributed by atoms with E-state index >= 15 is 0 Å². The Hall–Kier alpha value is -3.04. The Morgan fingerprint density at radius 1 is 1.00 bits per heavy atom. The number of hydrogen-bond donors (Lipinski definition) is 2. The fourth-order valence-electron chi connectivity index (χ4n) is 3.23. The van der Waals surface area contributed by atoms with Crippen molar-refractivity contribution in [2.24, 2.45) is 0 Å². The number of nitrogens with zero attached hydrogens (tertiary/aromatic N) is 2. The van der Waals surface area contributed by atoms with Gasteiger partial charge in [0.25, 0.3) is 0 Å². The van der Waals surface area contributed by atoms with Crippen molar-refractivity contribution in [3.63, 3.8) is 0 Å². The average molecular weight is 390 g/mol. The van der Waals surface area contributed by atoms with Gasteiger partial charge in [0.1, 0.15) is 17.3 Å². The molecule has 0 unspecified atom stereocenters. The minimum atomic E-state index is -0.253. The molecule has 0 fully saturated rings. The number of rotatable bonds is 7. The summed E-state index contributed by atoms with van der Waals surface area (Å²) < 4.78 is 13.4. The maximum atomic E-state index is 13.4. The summed E-state index contributed by atoms with van der Waals surface area (Å²) in [6.07, 6.45) is 9.51. The Bertz CT molecular complexity index is 1090. The molecule has 3 heterocycles. The van der Waals surface area contributed by atoms with Crippen molar-refractivity contribution in [3.8, 4) is 22.4 Å². The topological polar surface area (TPSA) is 53.6 Å². The lowest BCUT2D eigenvalue weighted by Crippen LogP contribution is -2.03. The summed E-state index contributed by atoms with van der Waals surface area (Å²) in [6, 6.07) is 14.5. The third-order valence-corrected chi connectivity index (χ3v) is 5.19. The molecule has 140 valence electrons. The van der Waals surface area contributed by atoms with Crippen LogP contribution in [0.3, 0.4) is 0 Å². The van der Waals surface area contributed by atoms with E-state index in [1.807, 2.05) is 18.2 Å². The smallest absolute Gasteiger partial charge is 0.140 e. The van der Waals surface area contributed by atoms with Crippen molar-refractivity contribution in [2.75, 3.05) is 18.0 Å². The summed E-state index contributed by atoms with van der Waals surface area (Å²) in [7, 11) is 1.16. The van der Waals surface area contributed by atoms with Crippen molar-refractivity contribution < 1.29 is 4.39 Å². The fraction of sp³-hybridized carbons (Fsp3) is 0.136. The molecule has 0 atom stereocenters. The second-order valence-corrected chi connectivity index (χ2v) is 7.33. The van der Waals surface area contributed by atoms with Crippen molar-refractivity contribution in [1.29, 1.82) is 0 Å². The lowest BCUT2D eigenvalue weighted by Gasteiger charge is -2.06. The van der Waals surface area contributed by atoms with Gasteiger partial charge in [-0.05, 0) is 72.2 Å². The number of hydrogen-bond acceptors (Lipinski definition) is 3. The molecule has 0 aliphatic rings. The molecule has 2 N–H and O–H groups in total. The van der Waals surface area contributed by atoms with Crippen molar-refractivity contribution in [2.45, 2.75) is 6.42 Å². The van der Waals surface area contributed by atoms with E-state index in [1.54, 1.807) is 24.5 Å². The van der Waals surface area contributed by atoms with E-state index in [0.29, 0.717) is 0 Å². The maximum Gasteiger partial charge on any atom is 0.140 e. The fourth-order valence-corrected chi connectivity index (χ4v) is 3.61. The highest BCUT2D eigenvalue weighted by Crippen LogP contribution is 2.38. The van der Waals surface area contributed by atoms with Crippen LogP contribution in [0.15, 0.2) is 60.9 Å². The summed E-state index contributed by atoms with van der Waals surface area (Å²) in [6.45, 7) is 0.865. The van der Waals surface area contributed by atoms with Gasteiger partial charge in [-0.2, -0.15) is 0 Å². The first-order chi connectivity index (χ1) is 13.8. The van der Waals surface area contributed by atoms with Gasteiger partial charge in [0.15, 0.2) is 0 Å². The summed E-state index contributed by atoms with van der Waals surface area (Å²) in [5.41, 5.74) is 4.71. The lowest BCUT2D eigenvalue weighted by molar-refractivity contribution is 0.628. The largest absolute Gasteiger partial charge is 0.370 e. The van der Waals surface area contributed by atoms with Crippen LogP contribution in [0.1, 0.15) is 6.42 Å². The number of fused-ring (bicyclic) bond motifs is 1. The zero-order chi connectivity index (χ0) is 19.3. The molecule has 0 amide bonds. The molecule has 0 saturated carbocycles. The maximum absolute atomic E-state index is 13.4. The van der Waals surface area contributed by atoms with E-state index in [0.717, 1.165) is 66.6 Å². The Kier molecular flexibility index (Phi) is 5.45. The molecule has 0 bridgehead atoms. The number of H-pyrrole nitrogens is 1. The van der Waals surface area contributed by atoms with E-state index in [2.05, 4.69) is 27.7 Å². The van der Waals surface area contributed by atoms with Gasteiger partial charge in [-0.15, -0.1) is 8.20 Å². The monoisotopic (exact) mass is 390 g/mol. The molecular weight excluding hydrogens is 370 g/mol. The number of halogens is 1. The van der Waals surface area contributed by atoms with Gasteiger partial charge in [-0.25, -0.2) is 9.37 Å². The molecule has 0 spiro atoms. The Balaban J connectivity index is 1.79. The molecule has 4 aromatic rings. The third kappa shape index (κ3) is 3.80. The highest BCUT2D eigenvalue weighted by atomic mass is 31.1. The standard InChI is InChI=1S/C22H20FN4P/c1-28-14-2-11-25-19-8-7-18-20(15-9-12-24-13-10-15)21(27-22(18)26-19)16-3-5-17(23)6-4-16/h3-10,12-13H,1-2,11,14H2,(H2,25,26,27). The molecule has 3 aromatic heterocycles. The number of aromatic amines is 1. The van der Waals surface area contributed by atoms with E-state index in [4.69, 9.17) is 4.98 Å². The number of anilines is 1. The van der Waals surface area contributed by atoms with Crippen LogP contribution >= 0.6 is 8.20 Å². The highest BCUT2D eigenvalue weighted by molar-refractivity contribution is 7.36. The second kappa shape index (κ2) is 8.32. The van der Waals surface area contributed by atoms with Gasteiger partial charge in [0.2, 0.25) is 0 Å². The minimum absolute atomic E-state index is 0.253. The zero-order valence-corrected chi connectivity index (χ0v) is 16.2. The predicted molar refractivity (Wildman–Crippen MR) is 117 cm³/mol. The number of pyridine rings is 2. The zero-order valence-electron chi connectivity index (χ0n) is 15.3. The molecule has 0 radical (unpaired) electrons. The van der Waals surface area contributed by atoms with E-state index in [1.165, 1.54) is 12.1 Å². The van der Waals surface area contributed by atoms with Crippen LogP contribution in [-0.2, 0) is 0 Å². The quantitative estimate of drug-likeness (QED) is 0.318. The van der Waals surface area contributed by atoms with Crippen LogP contribution < -0.4 is 5.32 Å². The Labute approximate surface area is 164 Å². The summed E-state index contributed by atoms with van der Waals surface area (Å²) in [5.74, 6) is 0.581. The molecule has 4 rings (SSSR count). The first-order valence-corrected chi connectivity index (χ1v) is 10.4. The highest BCUT2D eigenvalue weighted by Gasteiger charge is 2.16. The third-order valence-electron chi connectivity index (χ3n) is 4.56. The molecule has 28 heavy (non-hydrogen) atoms. The summed E-state index contributed by atoms with van der Waals surface area (Å²) in [5, 5.41) is 4.39. The first-order valence-electron chi connectivity index (χ1n) is 9.11. The van der Waals surface area contributed by atoms with E-state index < -0.39 is 0 Å². The van der Waals surface area contributed by atoms with Crippen LogP contribution in [0.4, 0.5) is 10.2 Å². The molecular formula is C22H20FN4P. The van der Waals surface area contributed by atoms with Gasteiger partial charge >= 0.3 is 0 Å². The average Bonchev–Trinajstić information content (AvgIpc) is 3.11. The summed E-state index contributed by atoms with van der Waals surface area (Å²) >= 11 is 0. The van der Waals surface area contributed by atoms with E-state index in [9.17, 15) is 4.39 Å². The van der Waals surface area contributed by atoms with Crippen LogP contribution in [0.2, 0.25) is 0 Å². The summed E-state index contributed by atoms with van der Waals surface area (Å²) in [4.78, 5) is 12.3. The molecule has 1 aromatic carbocycles. The SMILES string of the molecule is C=PCCCNc1ccc2c(-c3ccncc3)c(-c3ccc(F)cc3)[nH]c2n1. The van der Waals surface area contributed by atoms with Crippen molar-refractivity contribution in [1.82, 2.24) is 15.0 Å². The molecule has 6 heteroatoms. The minimum Gasteiger partial charge on any atom is -0.370 e. The molecule has 0 saturated heterocycles. The predicted octanol–water partition coefficient (Wildman–Crippen LogP) is 5.61. The van der Waals surface area contributed by atoms with E-state index in [-0.39, 0.29) is 5.82 Å². The van der Waals surface area contributed by atoms with Gasteiger partial charge in [0.05, 0.1) is 5.69 Å². The van der Waals surface area contributed by atoms with Gasteiger partial charge < -0.3 is 10.3 Å². The normalized spacial score (nSPS) is 11.2. The van der Waals surface area contributed by atoms with Crippen LogP contribution in [0.5, 0.6) is 0 Å². The van der Waals surface area contributed by atoms with Gasteiger partial charge in [-0.3, -0.25) is 4.98 Å². The molecule has 0 aliphatic heterocycles. The molecule has 4 nitrogen and oxygen atoms in total. The van der Waals surface area contributed by atoms with Crippen molar-refractivity contribution in [3.05, 3.63) is 66.7 Å².